The van der Waals surface area contributed by atoms with Crippen molar-refractivity contribution < 1.29 is 4.79 Å². The number of nitrogens with zero attached hydrogens (tertiary/aromatic N) is 6. The molecule has 11 heteroatoms. The standard InChI is InChI=1S/C15H18ClN7OS2/c1-9-6-10(2)23(20-9)14-18-19-15(22(14)17)25-8-13(24)21(3)7-11-4-5-12(16)26-11/h4-6H,7-8,17H2,1-3H3. The second-order valence-electron chi connectivity index (χ2n) is 5.74. The summed E-state index contributed by atoms with van der Waals surface area (Å²) in [5, 5.41) is 12.9. The maximum Gasteiger partial charge on any atom is 0.271 e. The molecule has 0 aromatic carbocycles. The van der Waals surface area contributed by atoms with Crippen molar-refractivity contribution in [1.82, 2.24) is 29.6 Å². The van der Waals surface area contributed by atoms with Crippen LogP contribution in [0, 0.1) is 13.8 Å². The molecular weight excluding hydrogens is 394 g/mol. The van der Waals surface area contributed by atoms with Crippen molar-refractivity contribution >= 4 is 40.6 Å². The second-order valence-corrected chi connectivity index (χ2v) is 8.48. The van der Waals surface area contributed by atoms with Crippen LogP contribution in [0.25, 0.3) is 5.95 Å². The molecule has 0 aliphatic rings. The summed E-state index contributed by atoms with van der Waals surface area (Å²) in [6, 6.07) is 5.67. The van der Waals surface area contributed by atoms with Gasteiger partial charge in [-0.3, -0.25) is 4.79 Å². The zero-order valence-corrected chi connectivity index (χ0v) is 16.9. The van der Waals surface area contributed by atoms with Crippen molar-refractivity contribution in [2.75, 3.05) is 18.6 Å². The Kier molecular flexibility index (Phi) is 5.54. The smallest absolute Gasteiger partial charge is 0.271 e. The molecule has 2 N–H and O–H groups in total. The second kappa shape index (κ2) is 7.68. The van der Waals surface area contributed by atoms with E-state index in [0.29, 0.717) is 22.0 Å². The first kappa shape index (κ1) is 18.7. The lowest BCUT2D eigenvalue weighted by molar-refractivity contribution is -0.127. The van der Waals surface area contributed by atoms with Crippen LogP contribution in [0.3, 0.4) is 0 Å². The third-order valence-corrected chi connectivity index (χ3v) is 5.76. The molecule has 0 aliphatic carbocycles. The van der Waals surface area contributed by atoms with Crippen LogP contribution in [0.5, 0.6) is 0 Å². The maximum atomic E-state index is 12.3. The Morgan fingerprint density at radius 1 is 1.38 bits per heavy atom. The van der Waals surface area contributed by atoms with E-state index < -0.39 is 0 Å². The van der Waals surface area contributed by atoms with E-state index in [1.54, 1.807) is 16.6 Å². The number of aromatic nitrogens is 5. The van der Waals surface area contributed by atoms with Gasteiger partial charge in [-0.15, -0.1) is 21.5 Å². The van der Waals surface area contributed by atoms with Crippen LogP contribution in [0.4, 0.5) is 0 Å². The van der Waals surface area contributed by atoms with Crippen molar-refractivity contribution in [1.29, 1.82) is 0 Å². The molecule has 3 aromatic heterocycles. The van der Waals surface area contributed by atoms with E-state index >= 15 is 0 Å². The summed E-state index contributed by atoms with van der Waals surface area (Å²) < 4.78 is 3.68. The molecule has 3 rings (SSSR count). The molecule has 0 aliphatic heterocycles. The molecule has 0 saturated carbocycles. The van der Waals surface area contributed by atoms with Crippen molar-refractivity contribution in [3.8, 4) is 5.95 Å². The molecule has 26 heavy (non-hydrogen) atoms. The minimum atomic E-state index is -0.0322. The summed E-state index contributed by atoms with van der Waals surface area (Å²) in [5.41, 5.74) is 1.77. The molecule has 0 fully saturated rings. The maximum absolute atomic E-state index is 12.3. The minimum absolute atomic E-state index is 0.0322. The predicted octanol–water partition coefficient (Wildman–Crippen LogP) is 2.26. The first-order valence-corrected chi connectivity index (χ1v) is 9.88. The topological polar surface area (TPSA) is 94.9 Å². The monoisotopic (exact) mass is 411 g/mol. The Balaban J connectivity index is 1.63. The minimum Gasteiger partial charge on any atom is -0.340 e. The summed E-state index contributed by atoms with van der Waals surface area (Å²) in [5.74, 6) is 6.66. The van der Waals surface area contributed by atoms with Gasteiger partial charge in [0.1, 0.15) is 0 Å². The molecule has 3 aromatic rings. The molecule has 0 spiro atoms. The van der Waals surface area contributed by atoms with Gasteiger partial charge in [0.05, 0.1) is 22.3 Å². The average molecular weight is 412 g/mol. The number of carbonyl (C=O) groups is 1. The first-order chi connectivity index (χ1) is 12.3. The third-order valence-electron chi connectivity index (χ3n) is 3.62. The first-order valence-electron chi connectivity index (χ1n) is 7.70. The number of nitrogens with two attached hydrogens (primary N) is 1. The zero-order chi connectivity index (χ0) is 18.8. The summed E-state index contributed by atoms with van der Waals surface area (Å²) in [7, 11) is 1.75. The number of halogens is 1. The number of thiophene rings is 1. The molecule has 0 bridgehead atoms. The van der Waals surface area contributed by atoms with Crippen molar-refractivity contribution in [2.24, 2.45) is 0 Å². The number of hydrogen-bond donors (Lipinski definition) is 1. The quantitative estimate of drug-likeness (QED) is 0.493. The van der Waals surface area contributed by atoms with E-state index in [1.807, 2.05) is 32.0 Å². The van der Waals surface area contributed by atoms with Crippen LogP contribution in [0.2, 0.25) is 4.34 Å². The number of carbonyl (C=O) groups excluding carboxylic acids is 1. The normalized spacial score (nSPS) is 11.1. The predicted molar refractivity (Wildman–Crippen MR) is 103 cm³/mol. The molecular formula is C15H18ClN7OS2. The molecule has 3 heterocycles. The van der Waals surface area contributed by atoms with Gasteiger partial charge in [0, 0.05) is 17.6 Å². The van der Waals surface area contributed by atoms with Gasteiger partial charge in [0.15, 0.2) is 0 Å². The average Bonchev–Trinajstić information content (AvgIpc) is 3.25. The highest BCUT2D eigenvalue weighted by molar-refractivity contribution is 7.99. The molecule has 0 unspecified atom stereocenters. The van der Waals surface area contributed by atoms with Gasteiger partial charge in [-0.2, -0.15) is 5.10 Å². The molecule has 0 saturated heterocycles. The van der Waals surface area contributed by atoms with Gasteiger partial charge in [0.2, 0.25) is 11.1 Å². The lowest BCUT2D eigenvalue weighted by Crippen LogP contribution is -2.27. The van der Waals surface area contributed by atoms with E-state index in [1.165, 1.54) is 27.8 Å². The number of nitrogen functional groups attached to an aromatic ring is 1. The van der Waals surface area contributed by atoms with E-state index in [-0.39, 0.29) is 11.7 Å². The highest BCUT2D eigenvalue weighted by Crippen LogP contribution is 2.23. The van der Waals surface area contributed by atoms with Gasteiger partial charge in [-0.1, -0.05) is 23.4 Å². The SMILES string of the molecule is Cc1cc(C)n(-c2nnc(SCC(=O)N(C)Cc3ccc(Cl)s3)n2N)n1. The lowest BCUT2D eigenvalue weighted by atomic mass is 10.4. The Bertz CT molecular complexity index is 932. The van der Waals surface area contributed by atoms with E-state index in [4.69, 9.17) is 17.4 Å². The Labute approximate surface area is 163 Å². The molecule has 0 radical (unpaired) electrons. The number of aryl methyl sites for hydroxylation is 2. The Morgan fingerprint density at radius 3 is 2.77 bits per heavy atom. The number of amides is 1. The van der Waals surface area contributed by atoms with Crippen molar-refractivity contribution in [3.05, 3.63) is 38.8 Å². The Morgan fingerprint density at radius 2 is 2.15 bits per heavy atom. The van der Waals surface area contributed by atoms with Gasteiger partial charge in [-0.25, -0.2) is 9.36 Å². The summed E-state index contributed by atoms with van der Waals surface area (Å²) in [6.07, 6.45) is 0. The van der Waals surface area contributed by atoms with Gasteiger partial charge in [0.25, 0.3) is 5.95 Å². The number of rotatable bonds is 6. The summed E-state index contributed by atoms with van der Waals surface area (Å²) >= 11 is 8.62. The summed E-state index contributed by atoms with van der Waals surface area (Å²) in [6.45, 7) is 4.32. The largest absolute Gasteiger partial charge is 0.340 e. The third kappa shape index (κ3) is 4.02. The van der Waals surface area contributed by atoms with Gasteiger partial charge < -0.3 is 10.7 Å². The summed E-state index contributed by atoms with van der Waals surface area (Å²) in [4.78, 5) is 15.0. The van der Waals surface area contributed by atoms with E-state index in [2.05, 4.69) is 15.3 Å². The van der Waals surface area contributed by atoms with Crippen LogP contribution >= 0.6 is 34.7 Å². The highest BCUT2D eigenvalue weighted by atomic mass is 35.5. The van der Waals surface area contributed by atoms with Crippen LogP contribution in [-0.2, 0) is 11.3 Å². The van der Waals surface area contributed by atoms with Gasteiger partial charge in [-0.05, 0) is 32.0 Å². The van der Waals surface area contributed by atoms with Gasteiger partial charge >= 0.3 is 0 Å². The van der Waals surface area contributed by atoms with E-state index in [9.17, 15) is 4.79 Å². The highest BCUT2D eigenvalue weighted by Gasteiger charge is 2.17. The van der Waals surface area contributed by atoms with Crippen LogP contribution < -0.4 is 5.84 Å². The Hall–Kier alpha value is -2.04. The fourth-order valence-electron chi connectivity index (χ4n) is 2.34. The van der Waals surface area contributed by atoms with Crippen LogP contribution in [-0.4, -0.2) is 48.3 Å². The lowest BCUT2D eigenvalue weighted by Gasteiger charge is -2.15. The molecule has 138 valence electrons. The molecule has 0 atom stereocenters. The number of thioether (sulfide) groups is 1. The van der Waals surface area contributed by atoms with Crippen molar-refractivity contribution in [3.63, 3.8) is 0 Å². The van der Waals surface area contributed by atoms with Crippen molar-refractivity contribution in [2.45, 2.75) is 25.5 Å². The molecule has 8 nitrogen and oxygen atoms in total. The fourth-order valence-corrected chi connectivity index (χ4v) is 4.27. The van der Waals surface area contributed by atoms with E-state index in [0.717, 1.165) is 16.3 Å². The molecule has 1 amide bonds. The van der Waals surface area contributed by atoms with Crippen LogP contribution in [0.1, 0.15) is 16.3 Å². The number of hydrogen-bond acceptors (Lipinski definition) is 7. The zero-order valence-electron chi connectivity index (χ0n) is 14.5. The van der Waals surface area contributed by atoms with Crippen LogP contribution in [0.15, 0.2) is 23.4 Å². The fraction of sp³-hybridized carbons (Fsp3) is 0.333.